The van der Waals surface area contributed by atoms with E-state index in [2.05, 4.69) is 27.7 Å². The van der Waals surface area contributed by atoms with Crippen molar-refractivity contribution in [2.75, 3.05) is 31.8 Å². The van der Waals surface area contributed by atoms with Gasteiger partial charge in [0.05, 0.1) is 37.4 Å². The Morgan fingerprint density at radius 1 is 1.03 bits per heavy atom. The number of esters is 1. The van der Waals surface area contributed by atoms with Gasteiger partial charge in [-0.15, -0.1) is 0 Å². The van der Waals surface area contributed by atoms with Crippen molar-refractivity contribution >= 4 is 28.9 Å². The van der Waals surface area contributed by atoms with Crippen molar-refractivity contribution in [2.45, 2.75) is 53.5 Å². The highest BCUT2D eigenvalue weighted by molar-refractivity contribution is 6.08. The Hall–Kier alpha value is -3.55. The molecule has 0 saturated heterocycles. The second-order valence-corrected chi connectivity index (χ2v) is 10.6. The van der Waals surface area contributed by atoms with E-state index in [1.165, 1.54) is 0 Å². The summed E-state index contributed by atoms with van der Waals surface area (Å²) in [5, 5.41) is 0. The Balaban J connectivity index is 1.87. The number of methoxy groups -OCH3 is 1. The third kappa shape index (κ3) is 5.49. The van der Waals surface area contributed by atoms with Gasteiger partial charge in [0.1, 0.15) is 0 Å². The van der Waals surface area contributed by atoms with Crippen LogP contribution < -0.4 is 14.4 Å². The predicted molar refractivity (Wildman–Crippen MR) is 148 cm³/mol. The lowest BCUT2D eigenvalue weighted by Crippen LogP contribution is -2.50. The normalized spacial score (nSPS) is 17.3. The molecule has 3 aromatic rings. The Bertz CT molecular complexity index is 1280. The molecule has 0 N–H and O–H groups in total. The summed E-state index contributed by atoms with van der Waals surface area (Å²) in [4.78, 5) is 33.9. The molecule has 0 aliphatic carbocycles. The van der Waals surface area contributed by atoms with Crippen LogP contribution in [0.3, 0.4) is 0 Å². The van der Waals surface area contributed by atoms with E-state index >= 15 is 0 Å². The fraction of sp³-hybridized carbons (Fsp3) is 0.500. The summed E-state index contributed by atoms with van der Waals surface area (Å²) in [5.41, 5.74) is 2.36. The fourth-order valence-electron chi connectivity index (χ4n) is 4.84. The van der Waals surface area contributed by atoms with Crippen LogP contribution in [0.4, 0.5) is 5.95 Å². The molecule has 204 valence electrons. The minimum absolute atomic E-state index is 0.185. The second kappa shape index (κ2) is 11.9. The van der Waals surface area contributed by atoms with E-state index in [4.69, 9.17) is 19.2 Å². The molecule has 0 fully saturated rings. The molecule has 4 rings (SSSR count). The first-order valence-corrected chi connectivity index (χ1v) is 13.5. The van der Waals surface area contributed by atoms with Gasteiger partial charge in [-0.2, -0.15) is 0 Å². The highest BCUT2D eigenvalue weighted by Gasteiger charge is 2.48. The average molecular weight is 522 g/mol. The number of rotatable bonds is 11. The highest BCUT2D eigenvalue weighted by atomic mass is 16.5. The van der Waals surface area contributed by atoms with Crippen molar-refractivity contribution in [2.24, 2.45) is 17.8 Å². The molecule has 38 heavy (non-hydrogen) atoms. The van der Waals surface area contributed by atoms with Gasteiger partial charge in [0.25, 0.3) is 0 Å². The smallest absolute Gasteiger partial charge is 0.321 e. The number of anilines is 1. The number of fused-ring (bicyclic) bond motifs is 3. The zero-order valence-electron chi connectivity index (χ0n) is 23.3. The lowest BCUT2D eigenvalue weighted by atomic mass is 9.89. The molecule has 8 nitrogen and oxygen atoms in total. The first-order chi connectivity index (χ1) is 18.3. The number of aromatic nitrogens is 2. The quantitative estimate of drug-likeness (QED) is 0.240. The van der Waals surface area contributed by atoms with Gasteiger partial charge < -0.3 is 18.8 Å². The number of hydrogen-bond acceptors (Lipinski definition) is 6. The van der Waals surface area contributed by atoms with E-state index < -0.39 is 17.9 Å². The molecule has 1 aliphatic rings. The van der Waals surface area contributed by atoms with E-state index in [0.29, 0.717) is 42.4 Å². The standard InChI is InChI=1S/C30H39N3O5/c1-7-37-29(35)26-27(21-12-13-24(25(18-21)36-6)38-17-15-20(4)5)33-23-11-9-8-10-22(23)31-30(33)32(28(26)34)16-14-19(2)3/h8-13,18-20,26-27H,7,14-17H2,1-6H3/t26-,27-/m1/s1. The van der Waals surface area contributed by atoms with Crippen molar-refractivity contribution in [3.05, 3.63) is 48.0 Å². The molecule has 8 heteroatoms. The van der Waals surface area contributed by atoms with Crippen LogP contribution in [-0.2, 0) is 14.3 Å². The van der Waals surface area contributed by atoms with Gasteiger partial charge in [-0.1, -0.05) is 45.9 Å². The maximum absolute atomic E-state index is 14.0. The minimum atomic E-state index is -1.07. The molecule has 0 bridgehead atoms. The minimum Gasteiger partial charge on any atom is -0.493 e. The Morgan fingerprint density at radius 2 is 1.76 bits per heavy atom. The first kappa shape index (κ1) is 27.5. The van der Waals surface area contributed by atoms with Crippen molar-refractivity contribution < 1.29 is 23.8 Å². The van der Waals surface area contributed by atoms with Crippen LogP contribution >= 0.6 is 0 Å². The molecular formula is C30H39N3O5. The van der Waals surface area contributed by atoms with Crippen LogP contribution in [0.25, 0.3) is 11.0 Å². The molecule has 1 aliphatic heterocycles. The van der Waals surface area contributed by atoms with Gasteiger partial charge in [0.15, 0.2) is 17.4 Å². The number of ether oxygens (including phenoxy) is 3. The monoisotopic (exact) mass is 521 g/mol. The number of benzene rings is 2. The molecule has 2 atom stereocenters. The summed E-state index contributed by atoms with van der Waals surface area (Å²) < 4.78 is 19.2. The maximum Gasteiger partial charge on any atom is 0.321 e. The Morgan fingerprint density at radius 3 is 2.45 bits per heavy atom. The predicted octanol–water partition coefficient (Wildman–Crippen LogP) is 5.63. The third-order valence-corrected chi connectivity index (χ3v) is 6.90. The third-order valence-electron chi connectivity index (χ3n) is 6.90. The Kier molecular flexibility index (Phi) is 8.59. The first-order valence-electron chi connectivity index (χ1n) is 13.5. The van der Waals surface area contributed by atoms with Crippen LogP contribution in [0.5, 0.6) is 11.5 Å². The summed E-state index contributed by atoms with van der Waals surface area (Å²) in [6.07, 6.45) is 1.70. The second-order valence-electron chi connectivity index (χ2n) is 10.6. The van der Waals surface area contributed by atoms with Crippen LogP contribution in [0.2, 0.25) is 0 Å². The maximum atomic E-state index is 14.0. The molecule has 0 unspecified atom stereocenters. The van der Waals surface area contributed by atoms with E-state index in [1.54, 1.807) is 18.9 Å². The Labute approximate surface area is 224 Å². The number of imidazole rings is 1. The van der Waals surface area contributed by atoms with Gasteiger partial charge in [-0.3, -0.25) is 14.5 Å². The van der Waals surface area contributed by atoms with Gasteiger partial charge in [-0.25, -0.2) is 4.98 Å². The van der Waals surface area contributed by atoms with Crippen LogP contribution in [0.15, 0.2) is 42.5 Å². The molecule has 0 spiro atoms. The number of carbonyl (C=O) groups is 2. The molecule has 2 aromatic carbocycles. The summed E-state index contributed by atoms with van der Waals surface area (Å²) in [6, 6.07) is 12.7. The highest BCUT2D eigenvalue weighted by Crippen LogP contribution is 2.43. The number of nitrogens with zero attached hydrogens (tertiary/aromatic N) is 3. The van der Waals surface area contributed by atoms with Crippen molar-refractivity contribution in [1.29, 1.82) is 0 Å². The number of hydrogen-bond donors (Lipinski definition) is 0. The van der Waals surface area contributed by atoms with Gasteiger partial charge in [0.2, 0.25) is 11.9 Å². The average Bonchev–Trinajstić information content (AvgIpc) is 3.26. The molecule has 0 radical (unpaired) electrons. The van der Waals surface area contributed by atoms with Crippen LogP contribution in [-0.4, -0.2) is 48.3 Å². The number of amides is 1. The molecule has 0 saturated carbocycles. The zero-order valence-corrected chi connectivity index (χ0v) is 23.3. The lowest BCUT2D eigenvalue weighted by molar-refractivity contribution is -0.153. The summed E-state index contributed by atoms with van der Waals surface area (Å²) in [5.74, 6) is 0.709. The van der Waals surface area contributed by atoms with Crippen molar-refractivity contribution in [1.82, 2.24) is 9.55 Å². The van der Waals surface area contributed by atoms with Crippen molar-refractivity contribution in [3.63, 3.8) is 0 Å². The van der Waals surface area contributed by atoms with Crippen LogP contribution in [0.1, 0.15) is 59.1 Å². The molecule has 1 amide bonds. The van der Waals surface area contributed by atoms with Gasteiger partial charge in [-0.05, 0) is 61.4 Å². The fourth-order valence-corrected chi connectivity index (χ4v) is 4.84. The summed E-state index contributed by atoms with van der Waals surface area (Å²) in [6.45, 7) is 11.5. The SMILES string of the molecule is CCOC(=O)[C@H]1C(=O)N(CCC(C)C)c2nc3ccccc3n2[C@@H]1c1ccc(OCCC(C)C)c(OC)c1. The topological polar surface area (TPSA) is 82.9 Å². The van der Waals surface area contributed by atoms with Gasteiger partial charge >= 0.3 is 5.97 Å². The molecule has 1 aromatic heterocycles. The summed E-state index contributed by atoms with van der Waals surface area (Å²) in [7, 11) is 1.59. The lowest BCUT2D eigenvalue weighted by Gasteiger charge is -2.38. The largest absolute Gasteiger partial charge is 0.493 e. The number of carbonyl (C=O) groups excluding carboxylic acids is 2. The number of para-hydroxylation sites is 2. The van der Waals surface area contributed by atoms with E-state index in [9.17, 15) is 9.59 Å². The van der Waals surface area contributed by atoms with E-state index in [-0.39, 0.29) is 12.5 Å². The van der Waals surface area contributed by atoms with Crippen LogP contribution in [0, 0.1) is 17.8 Å². The van der Waals surface area contributed by atoms with E-state index in [1.807, 2.05) is 47.0 Å². The van der Waals surface area contributed by atoms with Gasteiger partial charge in [0, 0.05) is 6.54 Å². The zero-order chi connectivity index (χ0) is 27.4. The van der Waals surface area contributed by atoms with Crippen molar-refractivity contribution in [3.8, 4) is 11.5 Å². The summed E-state index contributed by atoms with van der Waals surface area (Å²) >= 11 is 0. The molecule has 2 heterocycles. The molecular weight excluding hydrogens is 482 g/mol. The van der Waals surface area contributed by atoms with E-state index in [0.717, 1.165) is 29.4 Å².